The monoisotopic (exact) mass is 285 g/mol. The molecule has 19 heavy (non-hydrogen) atoms. The van der Waals surface area contributed by atoms with Gasteiger partial charge in [-0.05, 0) is 12.8 Å². The van der Waals surface area contributed by atoms with Crippen LogP contribution in [0.2, 0.25) is 0 Å². The van der Waals surface area contributed by atoms with Gasteiger partial charge in [-0.25, -0.2) is 0 Å². The van der Waals surface area contributed by atoms with E-state index < -0.39 is 11.5 Å². The number of aliphatic carboxylic acids is 1. The van der Waals surface area contributed by atoms with Gasteiger partial charge >= 0.3 is 5.97 Å². The van der Waals surface area contributed by atoms with Crippen molar-refractivity contribution in [2.24, 2.45) is 0 Å². The summed E-state index contributed by atoms with van der Waals surface area (Å²) in [5.41, 5.74) is -0.694. The van der Waals surface area contributed by atoms with E-state index >= 15 is 0 Å². The molecule has 106 valence electrons. The van der Waals surface area contributed by atoms with Gasteiger partial charge in [-0.1, -0.05) is 13.8 Å². The Morgan fingerprint density at radius 2 is 2.05 bits per heavy atom. The van der Waals surface area contributed by atoms with Crippen molar-refractivity contribution in [3.63, 3.8) is 0 Å². The predicted octanol–water partition coefficient (Wildman–Crippen LogP) is 2.52. The molecule has 1 heterocycles. The number of ether oxygens (including phenoxy) is 1. The van der Waals surface area contributed by atoms with Gasteiger partial charge in [0.1, 0.15) is 5.75 Å². The molecule has 2 N–H and O–H groups in total. The number of carboxylic acid groups (broad SMARTS) is 1. The van der Waals surface area contributed by atoms with Gasteiger partial charge in [-0.3, -0.25) is 9.59 Å². The molecule has 5 nitrogen and oxygen atoms in total. The highest BCUT2D eigenvalue weighted by Crippen LogP contribution is 2.24. The van der Waals surface area contributed by atoms with Crippen molar-refractivity contribution in [1.82, 2.24) is 5.32 Å². The fraction of sp³-hybridized carbons (Fsp3) is 0.538. The number of nitrogens with one attached hydrogen (secondary N) is 1. The smallest absolute Gasteiger partial charge is 0.305 e. The van der Waals surface area contributed by atoms with Crippen LogP contribution in [0.4, 0.5) is 0 Å². The third kappa shape index (κ3) is 3.96. The summed E-state index contributed by atoms with van der Waals surface area (Å²) in [4.78, 5) is 23.6. The van der Waals surface area contributed by atoms with Crippen LogP contribution in [0.5, 0.6) is 5.75 Å². The highest BCUT2D eigenvalue weighted by atomic mass is 32.1. The van der Waals surface area contributed by atoms with Crippen LogP contribution in [-0.4, -0.2) is 29.6 Å². The molecule has 0 aliphatic rings. The largest absolute Gasteiger partial charge is 0.496 e. The van der Waals surface area contributed by atoms with E-state index in [1.165, 1.54) is 18.4 Å². The maximum atomic E-state index is 12.1. The first kappa shape index (κ1) is 15.5. The number of carbonyl (C=O) groups excluding carboxylic acids is 1. The van der Waals surface area contributed by atoms with E-state index in [9.17, 15) is 9.59 Å². The lowest BCUT2D eigenvalue weighted by Gasteiger charge is -2.31. The normalized spacial score (nSPS) is 11.1. The van der Waals surface area contributed by atoms with Crippen molar-refractivity contribution in [3.8, 4) is 5.75 Å². The Kier molecular flexibility index (Phi) is 5.35. The summed E-state index contributed by atoms with van der Waals surface area (Å²) >= 11 is 1.28. The molecule has 0 aliphatic heterocycles. The van der Waals surface area contributed by atoms with E-state index in [1.54, 1.807) is 11.4 Å². The van der Waals surface area contributed by atoms with Crippen molar-refractivity contribution in [2.45, 2.75) is 38.6 Å². The van der Waals surface area contributed by atoms with Gasteiger partial charge in [0, 0.05) is 11.4 Å². The van der Waals surface area contributed by atoms with Gasteiger partial charge in [0.05, 0.1) is 23.9 Å². The van der Waals surface area contributed by atoms with E-state index in [0.717, 1.165) is 0 Å². The first-order valence-electron chi connectivity index (χ1n) is 6.13. The lowest BCUT2D eigenvalue weighted by Crippen LogP contribution is -2.48. The minimum Gasteiger partial charge on any atom is -0.496 e. The highest BCUT2D eigenvalue weighted by Gasteiger charge is 2.31. The molecule has 0 atom stereocenters. The molecule has 0 saturated heterocycles. The second-order valence-electron chi connectivity index (χ2n) is 4.36. The molecule has 0 fully saturated rings. The number of carboxylic acids is 1. The third-order valence-electron chi connectivity index (χ3n) is 3.26. The molecule has 1 rings (SSSR count). The first-order chi connectivity index (χ1) is 8.96. The highest BCUT2D eigenvalue weighted by molar-refractivity contribution is 7.12. The number of amides is 1. The predicted molar refractivity (Wildman–Crippen MR) is 73.9 cm³/mol. The Hall–Kier alpha value is -1.56. The SMILES string of the molecule is CCC(CC)(CC(=O)O)NC(=O)c1cc(OC)cs1. The summed E-state index contributed by atoms with van der Waals surface area (Å²) in [5.74, 6) is -0.530. The molecular formula is C13H19NO4S. The van der Waals surface area contributed by atoms with Crippen LogP contribution in [0.1, 0.15) is 42.8 Å². The number of rotatable bonds is 7. The third-order valence-corrected chi connectivity index (χ3v) is 4.16. The molecule has 0 bridgehead atoms. The molecule has 6 heteroatoms. The molecule has 0 spiro atoms. The minimum atomic E-state index is -0.909. The van der Waals surface area contributed by atoms with Crippen molar-refractivity contribution in [3.05, 3.63) is 16.3 Å². The zero-order valence-electron chi connectivity index (χ0n) is 11.4. The fourth-order valence-corrected chi connectivity index (χ4v) is 2.61. The second kappa shape index (κ2) is 6.56. The Labute approximate surface area is 116 Å². The Bertz CT molecular complexity index is 451. The minimum absolute atomic E-state index is 0.0751. The number of methoxy groups -OCH3 is 1. The second-order valence-corrected chi connectivity index (χ2v) is 5.27. The van der Waals surface area contributed by atoms with Gasteiger partial charge in [0.15, 0.2) is 0 Å². The lowest BCUT2D eigenvalue weighted by atomic mass is 9.89. The standard InChI is InChI=1S/C13H19NO4S/c1-4-13(5-2,7-11(15)16)14-12(17)10-6-9(18-3)8-19-10/h6,8H,4-5,7H2,1-3H3,(H,14,17)(H,15,16). The van der Waals surface area contributed by atoms with Crippen LogP contribution in [0.15, 0.2) is 11.4 Å². The number of carbonyl (C=O) groups is 2. The summed E-state index contributed by atoms with van der Waals surface area (Å²) in [6.07, 6.45) is 1.07. The Balaban J connectivity index is 2.84. The lowest BCUT2D eigenvalue weighted by molar-refractivity contribution is -0.138. The van der Waals surface area contributed by atoms with Crippen LogP contribution in [0.3, 0.4) is 0 Å². The van der Waals surface area contributed by atoms with Crippen molar-refractivity contribution < 1.29 is 19.4 Å². The zero-order chi connectivity index (χ0) is 14.5. The quantitative estimate of drug-likeness (QED) is 0.807. The van der Waals surface area contributed by atoms with Crippen LogP contribution in [-0.2, 0) is 4.79 Å². The van der Waals surface area contributed by atoms with Crippen LogP contribution in [0.25, 0.3) is 0 Å². The number of thiophene rings is 1. The van der Waals surface area contributed by atoms with Crippen LogP contribution in [0, 0.1) is 0 Å². The molecule has 0 aliphatic carbocycles. The molecule has 0 unspecified atom stereocenters. The average molecular weight is 285 g/mol. The molecule has 0 saturated carbocycles. The van der Waals surface area contributed by atoms with E-state index in [2.05, 4.69) is 5.32 Å². The Morgan fingerprint density at radius 1 is 1.42 bits per heavy atom. The van der Waals surface area contributed by atoms with E-state index in [1.807, 2.05) is 13.8 Å². The van der Waals surface area contributed by atoms with Crippen LogP contribution < -0.4 is 10.1 Å². The van der Waals surface area contributed by atoms with E-state index in [-0.39, 0.29) is 12.3 Å². The topological polar surface area (TPSA) is 75.6 Å². The molecule has 1 aromatic rings. The summed E-state index contributed by atoms with van der Waals surface area (Å²) in [6, 6.07) is 1.65. The first-order valence-corrected chi connectivity index (χ1v) is 7.01. The molecular weight excluding hydrogens is 266 g/mol. The van der Waals surface area contributed by atoms with Crippen molar-refractivity contribution >= 4 is 23.2 Å². The molecule has 1 amide bonds. The maximum Gasteiger partial charge on any atom is 0.305 e. The maximum absolute atomic E-state index is 12.1. The average Bonchev–Trinajstić information content (AvgIpc) is 2.86. The van der Waals surface area contributed by atoms with E-state index in [4.69, 9.17) is 9.84 Å². The molecule has 0 aromatic carbocycles. The fourth-order valence-electron chi connectivity index (χ4n) is 1.86. The van der Waals surface area contributed by atoms with Crippen molar-refractivity contribution in [2.75, 3.05) is 7.11 Å². The molecule has 0 radical (unpaired) electrons. The number of hydrogen-bond donors (Lipinski definition) is 2. The summed E-state index contributed by atoms with van der Waals surface area (Å²) in [5, 5.41) is 13.6. The van der Waals surface area contributed by atoms with Gasteiger partial charge in [0.2, 0.25) is 0 Å². The zero-order valence-corrected chi connectivity index (χ0v) is 12.2. The van der Waals surface area contributed by atoms with Gasteiger partial charge in [-0.15, -0.1) is 11.3 Å². The van der Waals surface area contributed by atoms with Gasteiger partial charge < -0.3 is 15.2 Å². The van der Waals surface area contributed by atoms with Gasteiger partial charge in [-0.2, -0.15) is 0 Å². The summed E-state index contributed by atoms with van der Waals surface area (Å²) in [6.45, 7) is 3.75. The Morgan fingerprint density at radius 3 is 2.47 bits per heavy atom. The summed E-state index contributed by atoms with van der Waals surface area (Å²) < 4.78 is 5.03. The molecule has 1 aromatic heterocycles. The van der Waals surface area contributed by atoms with Crippen LogP contribution >= 0.6 is 11.3 Å². The van der Waals surface area contributed by atoms with Crippen molar-refractivity contribution in [1.29, 1.82) is 0 Å². The number of hydrogen-bond acceptors (Lipinski definition) is 4. The van der Waals surface area contributed by atoms with Gasteiger partial charge in [0.25, 0.3) is 5.91 Å². The van der Waals surface area contributed by atoms with E-state index in [0.29, 0.717) is 23.5 Å². The summed E-state index contributed by atoms with van der Waals surface area (Å²) in [7, 11) is 1.54.